The second-order valence-electron chi connectivity index (χ2n) is 6.59. The summed E-state index contributed by atoms with van der Waals surface area (Å²) in [6, 6.07) is 5.62. The maximum atomic E-state index is 12.7. The van der Waals surface area contributed by atoms with Crippen LogP contribution in [0.4, 0.5) is 5.82 Å². The molecule has 2 aromatic heterocycles. The number of likely N-dealkylation sites (N-methyl/N-ethyl adjacent to an activating group) is 1. The highest BCUT2D eigenvalue weighted by Gasteiger charge is 2.21. The summed E-state index contributed by atoms with van der Waals surface area (Å²) in [6.07, 6.45) is 5.69. The fourth-order valence-electron chi connectivity index (χ4n) is 3.03. The Morgan fingerprint density at radius 1 is 1.11 bits per heavy atom. The van der Waals surface area contributed by atoms with E-state index in [1.807, 2.05) is 17.0 Å². The van der Waals surface area contributed by atoms with Crippen LogP contribution >= 0.6 is 0 Å². The van der Waals surface area contributed by atoms with Gasteiger partial charge in [0.1, 0.15) is 17.8 Å². The van der Waals surface area contributed by atoms with Crippen molar-refractivity contribution in [2.75, 3.05) is 44.7 Å². The van der Waals surface area contributed by atoms with Gasteiger partial charge in [-0.05, 0) is 24.1 Å². The van der Waals surface area contributed by atoms with Gasteiger partial charge >= 0.3 is 0 Å². The Balaban J connectivity index is 1.61. The molecule has 1 aliphatic rings. The molecule has 0 saturated carbocycles. The number of aromatic nitrogens is 3. The molecule has 0 atom stereocenters. The summed E-state index contributed by atoms with van der Waals surface area (Å²) in [5.74, 6) is 0.679. The Bertz CT molecular complexity index is 790. The number of anilines is 1. The monoisotopic (exact) mass is 368 g/mol. The van der Waals surface area contributed by atoms with Gasteiger partial charge in [0, 0.05) is 65.2 Å². The zero-order valence-corrected chi connectivity index (χ0v) is 15.7. The Hall–Kier alpha value is -3.03. The fourth-order valence-corrected chi connectivity index (χ4v) is 3.03. The molecule has 0 bridgehead atoms. The van der Waals surface area contributed by atoms with Crippen LogP contribution in [-0.4, -0.2) is 76.3 Å². The van der Waals surface area contributed by atoms with Gasteiger partial charge in [0.25, 0.3) is 5.91 Å². The predicted molar refractivity (Wildman–Crippen MR) is 101 cm³/mol. The minimum Gasteiger partial charge on any atom is -0.353 e. The molecule has 142 valence electrons. The van der Waals surface area contributed by atoms with E-state index in [0.717, 1.165) is 17.8 Å². The van der Waals surface area contributed by atoms with Crippen molar-refractivity contribution in [1.82, 2.24) is 24.8 Å². The van der Waals surface area contributed by atoms with Crippen LogP contribution < -0.4 is 4.90 Å². The third-order valence-corrected chi connectivity index (χ3v) is 4.75. The summed E-state index contributed by atoms with van der Waals surface area (Å²) < 4.78 is 0. The second kappa shape index (κ2) is 8.57. The van der Waals surface area contributed by atoms with Gasteiger partial charge in [-0.25, -0.2) is 9.97 Å². The zero-order valence-electron chi connectivity index (χ0n) is 15.7. The van der Waals surface area contributed by atoms with E-state index in [2.05, 4.69) is 19.9 Å². The van der Waals surface area contributed by atoms with E-state index in [1.165, 1.54) is 6.33 Å². The summed E-state index contributed by atoms with van der Waals surface area (Å²) in [5, 5.41) is 0. The molecule has 8 heteroatoms. The number of amides is 2. The molecule has 1 saturated heterocycles. The minimum absolute atomic E-state index is 0.0871. The summed E-state index contributed by atoms with van der Waals surface area (Å²) in [4.78, 5) is 42.2. The lowest BCUT2D eigenvalue weighted by molar-refractivity contribution is -0.129. The van der Waals surface area contributed by atoms with Crippen molar-refractivity contribution in [2.45, 2.75) is 13.3 Å². The van der Waals surface area contributed by atoms with Gasteiger partial charge in [-0.2, -0.15) is 0 Å². The van der Waals surface area contributed by atoms with Crippen molar-refractivity contribution in [3.05, 3.63) is 48.2 Å². The van der Waals surface area contributed by atoms with Crippen LogP contribution in [0.1, 0.15) is 23.0 Å². The molecule has 3 heterocycles. The average Bonchev–Trinajstić information content (AvgIpc) is 2.72. The van der Waals surface area contributed by atoms with E-state index in [0.29, 0.717) is 38.4 Å². The normalized spacial score (nSPS) is 14.1. The molecule has 0 aromatic carbocycles. The highest BCUT2D eigenvalue weighted by Crippen LogP contribution is 2.15. The number of pyridine rings is 1. The molecule has 1 fully saturated rings. The molecule has 3 rings (SSSR count). The van der Waals surface area contributed by atoms with Gasteiger partial charge in [0.15, 0.2) is 0 Å². The van der Waals surface area contributed by atoms with Crippen LogP contribution in [0.5, 0.6) is 0 Å². The Kier molecular flexibility index (Phi) is 5.95. The van der Waals surface area contributed by atoms with Crippen LogP contribution in [0.25, 0.3) is 0 Å². The second-order valence-corrected chi connectivity index (χ2v) is 6.59. The van der Waals surface area contributed by atoms with E-state index in [4.69, 9.17) is 0 Å². The van der Waals surface area contributed by atoms with E-state index in [-0.39, 0.29) is 11.8 Å². The Labute approximate surface area is 158 Å². The Morgan fingerprint density at radius 3 is 2.48 bits per heavy atom. The first kappa shape index (κ1) is 18.8. The van der Waals surface area contributed by atoms with Crippen LogP contribution in [0.3, 0.4) is 0 Å². The van der Waals surface area contributed by atoms with Crippen LogP contribution in [-0.2, 0) is 11.2 Å². The molecule has 0 spiro atoms. The van der Waals surface area contributed by atoms with Gasteiger partial charge in [-0.15, -0.1) is 0 Å². The van der Waals surface area contributed by atoms with Crippen molar-refractivity contribution >= 4 is 17.6 Å². The van der Waals surface area contributed by atoms with E-state index in [9.17, 15) is 9.59 Å². The number of rotatable bonds is 5. The first-order valence-electron chi connectivity index (χ1n) is 9.01. The van der Waals surface area contributed by atoms with Crippen molar-refractivity contribution in [3.8, 4) is 0 Å². The van der Waals surface area contributed by atoms with Gasteiger partial charge in [0.2, 0.25) is 5.91 Å². The van der Waals surface area contributed by atoms with E-state index >= 15 is 0 Å². The summed E-state index contributed by atoms with van der Waals surface area (Å²) >= 11 is 0. The fraction of sp³-hybridized carbons (Fsp3) is 0.421. The highest BCUT2D eigenvalue weighted by molar-refractivity contribution is 5.92. The molecule has 0 unspecified atom stereocenters. The highest BCUT2D eigenvalue weighted by atomic mass is 16.2. The topological polar surface area (TPSA) is 82.5 Å². The van der Waals surface area contributed by atoms with Crippen LogP contribution in [0.2, 0.25) is 0 Å². The quantitative estimate of drug-likeness (QED) is 0.778. The number of carbonyl (C=O) groups excluding carboxylic acids is 2. The largest absolute Gasteiger partial charge is 0.353 e. The molecule has 2 aromatic rings. The maximum absolute atomic E-state index is 12.7. The lowest BCUT2D eigenvalue weighted by Crippen LogP contribution is -2.48. The SMILES string of the molecule is CC(=O)N1CCN(c2cc(C(=O)N(C)CCc3ccncc3)ncn2)CC1. The predicted octanol–water partition coefficient (Wildman–Crippen LogP) is 0.855. The first-order valence-corrected chi connectivity index (χ1v) is 9.01. The molecule has 8 nitrogen and oxygen atoms in total. The van der Waals surface area contributed by atoms with Crippen LogP contribution in [0.15, 0.2) is 36.9 Å². The van der Waals surface area contributed by atoms with Crippen molar-refractivity contribution in [1.29, 1.82) is 0 Å². The van der Waals surface area contributed by atoms with E-state index in [1.54, 1.807) is 37.3 Å². The van der Waals surface area contributed by atoms with Crippen molar-refractivity contribution in [2.24, 2.45) is 0 Å². The maximum Gasteiger partial charge on any atom is 0.272 e. The number of nitrogens with zero attached hydrogens (tertiary/aromatic N) is 6. The lowest BCUT2D eigenvalue weighted by atomic mass is 10.2. The van der Waals surface area contributed by atoms with Crippen molar-refractivity contribution < 1.29 is 9.59 Å². The lowest BCUT2D eigenvalue weighted by Gasteiger charge is -2.34. The molecular formula is C19H24N6O2. The average molecular weight is 368 g/mol. The third-order valence-electron chi connectivity index (χ3n) is 4.75. The molecule has 0 radical (unpaired) electrons. The smallest absolute Gasteiger partial charge is 0.272 e. The number of carbonyl (C=O) groups is 2. The Morgan fingerprint density at radius 2 is 1.81 bits per heavy atom. The van der Waals surface area contributed by atoms with Crippen LogP contribution in [0, 0.1) is 0 Å². The molecule has 27 heavy (non-hydrogen) atoms. The standard InChI is InChI=1S/C19H24N6O2/c1-15(26)24-9-11-25(12-10-24)18-13-17(21-14-22-18)19(27)23(2)8-5-16-3-6-20-7-4-16/h3-4,6-7,13-14H,5,8-12H2,1-2H3. The zero-order chi connectivity index (χ0) is 19.2. The summed E-state index contributed by atoms with van der Waals surface area (Å²) in [7, 11) is 1.77. The summed E-state index contributed by atoms with van der Waals surface area (Å²) in [6.45, 7) is 4.89. The van der Waals surface area contributed by atoms with E-state index < -0.39 is 0 Å². The molecule has 0 aliphatic carbocycles. The third kappa shape index (κ3) is 4.78. The molecule has 1 aliphatic heterocycles. The van der Waals surface area contributed by atoms with Gasteiger partial charge in [-0.3, -0.25) is 14.6 Å². The first-order chi connectivity index (χ1) is 13.0. The summed E-state index contributed by atoms with van der Waals surface area (Å²) in [5.41, 5.74) is 1.52. The van der Waals surface area contributed by atoms with Gasteiger partial charge in [0.05, 0.1) is 0 Å². The number of hydrogen-bond acceptors (Lipinski definition) is 6. The number of hydrogen-bond donors (Lipinski definition) is 0. The molecular weight excluding hydrogens is 344 g/mol. The van der Waals surface area contributed by atoms with Gasteiger partial charge < -0.3 is 14.7 Å². The molecule has 2 amide bonds. The number of piperazine rings is 1. The van der Waals surface area contributed by atoms with Crippen molar-refractivity contribution in [3.63, 3.8) is 0 Å². The molecule has 0 N–H and O–H groups in total. The minimum atomic E-state index is -0.130. The van der Waals surface area contributed by atoms with Gasteiger partial charge in [-0.1, -0.05) is 0 Å².